The lowest BCUT2D eigenvalue weighted by Crippen LogP contribution is -2.17. The zero-order valence-corrected chi connectivity index (χ0v) is 15.3. The standard InChI is InChI=1S/C21H27NO2/c1-14(2)18-11-7-8-15(3)20(18)22-19(23)12-13-24-21-16(4)9-6-10-17(21)5/h6-11,14H,12-13H2,1-5H3,(H,22,23). The van der Waals surface area contributed by atoms with E-state index in [1.165, 1.54) is 5.56 Å². The molecule has 0 spiro atoms. The summed E-state index contributed by atoms with van der Waals surface area (Å²) in [5.41, 5.74) is 5.38. The minimum Gasteiger partial charge on any atom is -0.493 e. The van der Waals surface area contributed by atoms with E-state index in [1.54, 1.807) is 0 Å². The number of aryl methyl sites for hydroxylation is 3. The van der Waals surface area contributed by atoms with Crippen molar-refractivity contribution in [2.24, 2.45) is 0 Å². The van der Waals surface area contributed by atoms with Gasteiger partial charge in [0.1, 0.15) is 5.75 Å². The van der Waals surface area contributed by atoms with Crippen LogP contribution in [0.5, 0.6) is 5.75 Å². The first-order valence-electron chi connectivity index (χ1n) is 8.48. The van der Waals surface area contributed by atoms with E-state index in [2.05, 4.69) is 25.2 Å². The number of hydrogen-bond donors (Lipinski definition) is 1. The smallest absolute Gasteiger partial charge is 0.227 e. The first kappa shape index (κ1) is 18.1. The molecule has 0 fully saturated rings. The summed E-state index contributed by atoms with van der Waals surface area (Å²) in [4.78, 5) is 12.3. The van der Waals surface area contributed by atoms with Crippen molar-refractivity contribution >= 4 is 11.6 Å². The van der Waals surface area contributed by atoms with E-state index in [9.17, 15) is 4.79 Å². The molecule has 0 heterocycles. The Morgan fingerprint density at radius 2 is 1.58 bits per heavy atom. The summed E-state index contributed by atoms with van der Waals surface area (Å²) in [6.07, 6.45) is 0.333. The van der Waals surface area contributed by atoms with E-state index in [0.717, 1.165) is 28.1 Å². The molecule has 0 aliphatic carbocycles. The number of amides is 1. The normalized spacial score (nSPS) is 10.8. The quantitative estimate of drug-likeness (QED) is 0.798. The average molecular weight is 325 g/mol. The molecule has 0 aliphatic rings. The van der Waals surface area contributed by atoms with Gasteiger partial charge in [-0.1, -0.05) is 50.2 Å². The lowest BCUT2D eigenvalue weighted by Gasteiger charge is -2.17. The van der Waals surface area contributed by atoms with Crippen LogP contribution in [0.3, 0.4) is 0 Å². The zero-order chi connectivity index (χ0) is 17.7. The molecule has 24 heavy (non-hydrogen) atoms. The van der Waals surface area contributed by atoms with Gasteiger partial charge < -0.3 is 10.1 Å². The van der Waals surface area contributed by atoms with Crippen molar-refractivity contribution in [3.8, 4) is 5.75 Å². The van der Waals surface area contributed by atoms with E-state index in [0.29, 0.717) is 18.9 Å². The van der Waals surface area contributed by atoms with Gasteiger partial charge in [-0.3, -0.25) is 4.79 Å². The lowest BCUT2D eigenvalue weighted by molar-refractivity contribution is -0.116. The van der Waals surface area contributed by atoms with Crippen molar-refractivity contribution in [1.82, 2.24) is 0 Å². The predicted molar refractivity (Wildman–Crippen MR) is 99.9 cm³/mol. The number of hydrogen-bond acceptors (Lipinski definition) is 2. The van der Waals surface area contributed by atoms with Gasteiger partial charge in [-0.05, 0) is 48.9 Å². The first-order valence-corrected chi connectivity index (χ1v) is 8.48. The first-order chi connectivity index (χ1) is 11.4. The fraction of sp³-hybridized carbons (Fsp3) is 0.381. The Bertz CT molecular complexity index is 700. The molecule has 3 nitrogen and oxygen atoms in total. The maximum atomic E-state index is 12.3. The van der Waals surface area contributed by atoms with Gasteiger partial charge in [-0.15, -0.1) is 0 Å². The van der Waals surface area contributed by atoms with Gasteiger partial charge in [0.15, 0.2) is 0 Å². The Kier molecular flexibility index (Phi) is 6.02. The van der Waals surface area contributed by atoms with Crippen LogP contribution < -0.4 is 10.1 Å². The maximum absolute atomic E-state index is 12.3. The van der Waals surface area contributed by atoms with Crippen LogP contribution >= 0.6 is 0 Å². The molecule has 0 saturated carbocycles. The van der Waals surface area contributed by atoms with E-state index in [1.807, 2.05) is 51.1 Å². The summed E-state index contributed by atoms with van der Waals surface area (Å²) in [5.74, 6) is 1.23. The van der Waals surface area contributed by atoms with E-state index >= 15 is 0 Å². The topological polar surface area (TPSA) is 38.3 Å². The number of rotatable bonds is 6. The van der Waals surface area contributed by atoms with Crippen molar-refractivity contribution < 1.29 is 9.53 Å². The van der Waals surface area contributed by atoms with E-state index < -0.39 is 0 Å². The van der Waals surface area contributed by atoms with Crippen LogP contribution in [0.4, 0.5) is 5.69 Å². The van der Waals surface area contributed by atoms with Crippen molar-refractivity contribution in [3.63, 3.8) is 0 Å². The summed E-state index contributed by atoms with van der Waals surface area (Å²) < 4.78 is 5.82. The molecule has 1 N–H and O–H groups in total. The van der Waals surface area contributed by atoms with Crippen molar-refractivity contribution in [2.45, 2.75) is 47.0 Å². The van der Waals surface area contributed by atoms with Crippen molar-refractivity contribution in [1.29, 1.82) is 0 Å². The predicted octanol–water partition coefficient (Wildman–Crippen LogP) is 5.14. The van der Waals surface area contributed by atoms with Gasteiger partial charge in [-0.2, -0.15) is 0 Å². The van der Waals surface area contributed by atoms with Crippen molar-refractivity contribution in [2.75, 3.05) is 11.9 Å². The molecule has 2 aromatic carbocycles. The second-order valence-electron chi connectivity index (χ2n) is 6.56. The molecule has 0 bridgehead atoms. The highest BCUT2D eigenvalue weighted by Gasteiger charge is 2.12. The number of anilines is 1. The minimum atomic E-state index is -0.0163. The highest BCUT2D eigenvalue weighted by molar-refractivity contribution is 5.92. The van der Waals surface area contributed by atoms with Gasteiger partial charge in [-0.25, -0.2) is 0 Å². The van der Waals surface area contributed by atoms with Gasteiger partial charge in [0.2, 0.25) is 5.91 Å². The Hall–Kier alpha value is -2.29. The maximum Gasteiger partial charge on any atom is 0.227 e. The van der Waals surface area contributed by atoms with Crippen LogP contribution in [0.1, 0.15) is 48.4 Å². The third kappa shape index (κ3) is 4.38. The third-order valence-electron chi connectivity index (χ3n) is 4.18. The van der Waals surface area contributed by atoms with Gasteiger partial charge >= 0.3 is 0 Å². The molecule has 0 aliphatic heterocycles. The number of carbonyl (C=O) groups excluding carboxylic acids is 1. The molecule has 128 valence electrons. The van der Waals surface area contributed by atoms with Gasteiger partial charge in [0, 0.05) is 5.69 Å². The largest absolute Gasteiger partial charge is 0.493 e. The van der Waals surface area contributed by atoms with Crippen LogP contribution in [-0.4, -0.2) is 12.5 Å². The summed E-state index contributed by atoms with van der Waals surface area (Å²) in [6.45, 7) is 10.7. The summed E-state index contributed by atoms with van der Waals surface area (Å²) in [7, 11) is 0. The molecule has 2 rings (SSSR count). The number of ether oxygens (including phenoxy) is 1. The monoisotopic (exact) mass is 325 g/mol. The second-order valence-corrected chi connectivity index (χ2v) is 6.56. The lowest BCUT2D eigenvalue weighted by atomic mass is 9.98. The Labute approximate surface area is 145 Å². The number of benzene rings is 2. The highest BCUT2D eigenvalue weighted by Crippen LogP contribution is 2.27. The molecular formula is C21H27NO2. The van der Waals surface area contributed by atoms with Crippen LogP contribution in [0.25, 0.3) is 0 Å². The molecule has 0 radical (unpaired) electrons. The minimum absolute atomic E-state index is 0.0163. The molecular weight excluding hydrogens is 298 g/mol. The molecule has 3 heteroatoms. The van der Waals surface area contributed by atoms with Crippen molar-refractivity contribution in [3.05, 3.63) is 58.7 Å². The molecule has 1 amide bonds. The summed E-state index contributed by atoms with van der Waals surface area (Å²) in [6, 6.07) is 12.2. The SMILES string of the molecule is Cc1cccc(C(C)C)c1NC(=O)CCOc1c(C)cccc1C. The van der Waals surface area contributed by atoms with Crippen LogP contribution in [0, 0.1) is 20.8 Å². The van der Waals surface area contributed by atoms with Gasteiger partial charge in [0.05, 0.1) is 13.0 Å². The molecule has 0 saturated heterocycles. The summed E-state index contributed by atoms with van der Waals surface area (Å²) in [5, 5.41) is 3.06. The van der Waals surface area contributed by atoms with Gasteiger partial charge in [0.25, 0.3) is 0 Å². The average Bonchev–Trinajstić information content (AvgIpc) is 2.52. The zero-order valence-electron chi connectivity index (χ0n) is 15.3. The van der Waals surface area contributed by atoms with Crippen LogP contribution in [0.15, 0.2) is 36.4 Å². The fourth-order valence-electron chi connectivity index (χ4n) is 2.82. The van der Waals surface area contributed by atoms with Crippen LogP contribution in [-0.2, 0) is 4.79 Å². The Balaban J connectivity index is 1.98. The van der Waals surface area contributed by atoms with E-state index in [4.69, 9.17) is 4.74 Å². The molecule has 0 unspecified atom stereocenters. The summed E-state index contributed by atoms with van der Waals surface area (Å²) >= 11 is 0. The number of nitrogens with one attached hydrogen (secondary N) is 1. The second kappa shape index (κ2) is 8.00. The molecule has 0 atom stereocenters. The molecule has 2 aromatic rings. The molecule has 0 aromatic heterocycles. The number of para-hydroxylation sites is 2. The Morgan fingerprint density at radius 1 is 1.00 bits per heavy atom. The number of carbonyl (C=O) groups is 1. The highest BCUT2D eigenvalue weighted by atomic mass is 16.5. The van der Waals surface area contributed by atoms with Crippen LogP contribution in [0.2, 0.25) is 0 Å². The van der Waals surface area contributed by atoms with E-state index in [-0.39, 0.29) is 5.91 Å². The third-order valence-corrected chi connectivity index (χ3v) is 4.18. The Morgan fingerprint density at radius 3 is 2.21 bits per heavy atom. The fourth-order valence-corrected chi connectivity index (χ4v) is 2.82.